The molecule has 2 spiro atoms. The maximum absolute atomic E-state index is 12.5. The lowest BCUT2D eigenvalue weighted by atomic mass is 9.64. The zero-order valence-electron chi connectivity index (χ0n) is 17.8. The molecule has 28 heavy (non-hydrogen) atoms. The van der Waals surface area contributed by atoms with Gasteiger partial charge in [-0.05, 0) is 51.4 Å². The van der Waals surface area contributed by atoms with Crippen LogP contribution in [0.3, 0.4) is 0 Å². The molecule has 0 radical (unpaired) electrons. The second-order valence-electron chi connectivity index (χ2n) is 9.19. The summed E-state index contributed by atoms with van der Waals surface area (Å²) in [6.07, 6.45) is 6.23. The monoisotopic (exact) mass is 392 g/mol. The zero-order valence-corrected chi connectivity index (χ0v) is 17.8. The number of amides is 2. The van der Waals surface area contributed by atoms with E-state index in [1.807, 2.05) is 16.8 Å². The molecule has 0 bridgehead atoms. The lowest BCUT2D eigenvalue weighted by Crippen LogP contribution is -2.60. The summed E-state index contributed by atoms with van der Waals surface area (Å²) in [6.45, 7) is 12.1. The van der Waals surface area contributed by atoms with Crippen LogP contribution in [0.15, 0.2) is 0 Å². The second-order valence-corrected chi connectivity index (χ2v) is 9.19. The molecule has 7 heteroatoms. The molecule has 2 amide bonds. The fourth-order valence-electron chi connectivity index (χ4n) is 6.29. The van der Waals surface area contributed by atoms with Crippen molar-refractivity contribution < 1.29 is 14.3 Å². The number of hydrogen-bond donors (Lipinski definition) is 0. The number of piperidine rings is 1. The summed E-state index contributed by atoms with van der Waals surface area (Å²) in [6, 6.07) is 0.647. The third-order valence-electron chi connectivity index (χ3n) is 7.75. The number of likely N-dealkylation sites (tertiary alicyclic amines) is 2. The fraction of sp³-hybridized carbons (Fsp3) is 0.905. The van der Waals surface area contributed by atoms with Crippen molar-refractivity contribution in [3.05, 3.63) is 0 Å². The Balaban J connectivity index is 1.30. The Kier molecular flexibility index (Phi) is 5.33. The van der Waals surface area contributed by atoms with E-state index in [2.05, 4.69) is 23.8 Å². The summed E-state index contributed by atoms with van der Waals surface area (Å²) in [5.41, 5.74) is 0.373. The van der Waals surface area contributed by atoms with E-state index in [0.29, 0.717) is 30.4 Å². The smallest absolute Gasteiger partial charge is 0.409 e. The molecule has 4 fully saturated rings. The Bertz CT molecular complexity index is 611. The highest BCUT2D eigenvalue weighted by molar-refractivity contribution is 5.79. The van der Waals surface area contributed by atoms with Gasteiger partial charge in [-0.25, -0.2) is 9.80 Å². The highest BCUT2D eigenvalue weighted by Crippen LogP contribution is 2.51. The van der Waals surface area contributed by atoms with E-state index < -0.39 is 0 Å². The Labute approximate surface area is 168 Å². The molecule has 7 nitrogen and oxygen atoms in total. The lowest BCUT2D eigenvalue weighted by Gasteiger charge is -2.54. The summed E-state index contributed by atoms with van der Waals surface area (Å²) in [5.74, 6) is 0.297. The quantitative estimate of drug-likeness (QED) is 0.735. The molecule has 3 heterocycles. The number of hydrogen-bond acceptors (Lipinski definition) is 5. The van der Waals surface area contributed by atoms with Gasteiger partial charge in [0.05, 0.1) is 12.1 Å². The minimum atomic E-state index is -0.145. The van der Waals surface area contributed by atoms with Gasteiger partial charge in [0.25, 0.3) is 0 Å². The Hall–Kier alpha value is -1.34. The van der Waals surface area contributed by atoms with Crippen LogP contribution in [-0.2, 0) is 9.53 Å². The van der Waals surface area contributed by atoms with E-state index in [9.17, 15) is 9.59 Å². The molecule has 1 aliphatic carbocycles. The molecule has 1 saturated carbocycles. The number of carbonyl (C=O) groups excluding carboxylic acids is 2. The summed E-state index contributed by atoms with van der Waals surface area (Å²) in [5, 5.41) is 4.32. The van der Waals surface area contributed by atoms with Crippen molar-refractivity contribution >= 4 is 12.0 Å². The van der Waals surface area contributed by atoms with Crippen molar-refractivity contribution in [2.45, 2.75) is 70.9 Å². The van der Waals surface area contributed by atoms with Crippen molar-refractivity contribution in [1.82, 2.24) is 19.8 Å². The Morgan fingerprint density at radius 3 is 2.39 bits per heavy atom. The molecule has 0 aromatic heterocycles. The van der Waals surface area contributed by atoms with Gasteiger partial charge < -0.3 is 14.5 Å². The van der Waals surface area contributed by atoms with Crippen LogP contribution >= 0.6 is 0 Å². The molecule has 0 N–H and O–H groups in total. The predicted octanol–water partition coefficient (Wildman–Crippen LogP) is 2.32. The standard InChI is InChI=1S/C21H36N4O3/c1-4-24-18(26)15-21(25(24)5-2)8-11-22(12-9-21)17-13-20(14-17)7-10-23(16-20)19(27)28-6-3/h17H,4-16H2,1-3H3. The number of ether oxygens (including phenoxy) is 1. The highest BCUT2D eigenvalue weighted by Gasteiger charge is 2.54. The van der Waals surface area contributed by atoms with Crippen LogP contribution in [0.4, 0.5) is 4.79 Å². The van der Waals surface area contributed by atoms with Gasteiger partial charge in [-0.2, -0.15) is 0 Å². The first-order chi connectivity index (χ1) is 13.5. The van der Waals surface area contributed by atoms with E-state index in [1.165, 1.54) is 12.8 Å². The Morgan fingerprint density at radius 1 is 1.07 bits per heavy atom. The van der Waals surface area contributed by atoms with Crippen LogP contribution in [0, 0.1) is 5.41 Å². The highest BCUT2D eigenvalue weighted by atomic mass is 16.6. The average molecular weight is 393 g/mol. The van der Waals surface area contributed by atoms with Crippen LogP contribution in [0.2, 0.25) is 0 Å². The maximum atomic E-state index is 12.5. The predicted molar refractivity (Wildman–Crippen MR) is 107 cm³/mol. The van der Waals surface area contributed by atoms with Crippen LogP contribution in [0.25, 0.3) is 0 Å². The normalized spacial score (nSPS) is 33.1. The molecule has 0 aromatic carbocycles. The van der Waals surface area contributed by atoms with Gasteiger partial charge >= 0.3 is 6.09 Å². The van der Waals surface area contributed by atoms with Gasteiger partial charge in [0.2, 0.25) is 5.91 Å². The third-order valence-corrected chi connectivity index (χ3v) is 7.75. The molecule has 0 aromatic rings. The van der Waals surface area contributed by atoms with Crippen molar-refractivity contribution in [1.29, 1.82) is 0 Å². The first kappa shape index (κ1) is 20.0. The molecular formula is C21H36N4O3. The molecular weight excluding hydrogens is 356 g/mol. The minimum absolute atomic E-state index is 0.0495. The summed E-state index contributed by atoms with van der Waals surface area (Å²) >= 11 is 0. The second kappa shape index (κ2) is 7.48. The zero-order chi connectivity index (χ0) is 19.9. The van der Waals surface area contributed by atoms with Gasteiger partial charge in [0.15, 0.2) is 0 Å². The average Bonchev–Trinajstić information content (AvgIpc) is 3.21. The number of rotatable bonds is 4. The summed E-state index contributed by atoms with van der Waals surface area (Å²) in [4.78, 5) is 29.0. The van der Waals surface area contributed by atoms with Gasteiger partial charge in [-0.15, -0.1) is 0 Å². The van der Waals surface area contributed by atoms with Crippen LogP contribution < -0.4 is 0 Å². The molecule has 3 aliphatic heterocycles. The largest absolute Gasteiger partial charge is 0.450 e. The van der Waals surface area contributed by atoms with Crippen molar-refractivity contribution in [2.75, 3.05) is 45.9 Å². The molecule has 4 rings (SSSR count). The topological polar surface area (TPSA) is 56.3 Å². The first-order valence-corrected chi connectivity index (χ1v) is 11.2. The summed E-state index contributed by atoms with van der Waals surface area (Å²) < 4.78 is 5.17. The van der Waals surface area contributed by atoms with E-state index in [1.54, 1.807) is 0 Å². The number of carbonyl (C=O) groups is 2. The maximum Gasteiger partial charge on any atom is 0.409 e. The van der Waals surface area contributed by atoms with Gasteiger partial charge in [0, 0.05) is 51.7 Å². The van der Waals surface area contributed by atoms with Crippen LogP contribution in [0.5, 0.6) is 0 Å². The molecule has 0 unspecified atom stereocenters. The van der Waals surface area contributed by atoms with E-state index in [4.69, 9.17) is 4.74 Å². The SMILES string of the molecule is CCOC(=O)N1CCC2(CC(N3CCC4(CC3)CC(=O)N(CC)N4CC)C2)C1. The van der Waals surface area contributed by atoms with Gasteiger partial charge in [-0.3, -0.25) is 9.80 Å². The van der Waals surface area contributed by atoms with Crippen LogP contribution in [-0.4, -0.2) is 89.3 Å². The Morgan fingerprint density at radius 2 is 1.79 bits per heavy atom. The molecule has 0 atom stereocenters. The molecule has 4 aliphatic rings. The van der Waals surface area contributed by atoms with Crippen LogP contribution in [0.1, 0.15) is 59.3 Å². The molecule has 158 valence electrons. The van der Waals surface area contributed by atoms with Crippen molar-refractivity contribution in [2.24, 2.45) is 5.41 Å². The van der Waals surface area contributed by atoms with E-state index >= 15 is 0 Å². The van der Waals surface area contributed by atoms with E-state index in [0.717, 1.165) is 58.5 Å². The number of hydrazine groups is 1. The lowest BCUT2D eigenvalue weighted by molar-refractivity contribution is -0.142. The number of nitrogens with zero attached hydrogens (tertiary/aromatic N) is 4. The van der Waals surface area contributed by atoms with Gasteiger partial charge in [0.1, 0.15) is 0 Å². The fourth-order valence-corrected chi connectivity index (χ4v) is 6.29. The minimum Gasteiger partial charge on any atom is -0.450 e. The van der Waals surface area contributed by atoms with Crippen molar-refractivity contribution in [3.63, 3.8) is 0 Å². The van der Waals surface area contributed by atoms with Crippen molar-refractivity contribution in [3.8, 4) is 0 Å². The third kappa shape index (κ3) is 3.20. The van der Waals surface area contributed by atoms with E-state index in [-0.39, 0.29) is 11.6 Å². The van der Waals surface area contributed by atoms with Gasteiger partial charge in [-0.1, -0.05) is 6.92 Å². The summed E-state index contributed by atoms with van der Waals surface area (Å²) in [7, 11) is 0. The first-order valence-electron chi connectivity index (χ1n) is 11.2. The molecule has 3 saturated heterocycles.